The number of hydrogen-bond donors (Lipinski definition) is 1. The third kappa shape index (κ3) is 3.37. The van der Waals surface area contributed by atoms with Crippen molar-refractivity contribution < 1.29 is 18.3 Å². The number of rotatable bonds is 3. The molecule has 0 fully saturated rings. The summed E-state index contributed by atoms with van der Waals surface area (Å²) < 4.78 is 38.2. The summed E-state index contributed by atoms with van der Waals surface area (Å²) in [7, 11) is 1.58. The highest BCUT2D eigenvalue weighted by Crippen LogP contribution is 2.34. The summed E-state index contributed by atoms with van der Waals surface area (Å²) in [6.07, 6.45) is -5.22. The SMILES string of the molecule is CC(O)CN(C)c1ccc(C#N)c(C(F)(F)F)c1. The fourth-order valence-electron chi connectivity index (χ4n) is 1.60. The van der Waals surface area contributed by atoms with Gasteiger partial charge in [-0.1, -0.05) is 0 Å². The zero-order valence-corrected chi connectivity index (χ0v) is 9.99. The number of likely N-dealkylation sites (N-methyl/N-ethyl adjacent to an activating group) is 1. The lowest BCUT2D eigenvalue weighted by molar-refractivity contribution is -0.137. The number of nitriles is 1. The molecule has 18 heavy (non-hydrogen) atoms. The first-order chi connectivity index (χ1) is 8.25. The van der Waals surface area contributed by atoms with E-state index in [0.29, 0.717) is 5.69 Å². The zero-order chi connectivity index (χ0) is 13.9. The van der Waals surface area contributed by atoms with Crippen LogP contribution in [0.1, 0.15) is 18.1 Å². The smallest absolute Gasteiger partial charge is 0.392 e. The standard InChI is InChI=1S/C12H13F3N2O/c1-8(18)7-17(2)10-4-3-9(6-16)11(5-10)12(13,14)15/h3-5,8,18H,7H2,1-2H3. The molecule has 0 aliphatic heterocycles. The second-order valence-corrected chi connectivity index (χ2v) is 4.07. The normalized spacial score (nSPS) is 12.9. The fourth-order valence-corrected chi connectivity index (χ4v) is 1.60. The predicted octanol–water partition coefficient (Wildman–Crippen LogP) is 2.39. The van der Waals surface area contributed by atoms with Crippen molar-refractivity contribution in [3.05, 3.63) is 29.3 Å². The van der Waals surface area contributed by atoms with Crippen LogP contribution in [0, 0.1) is 11.3 Å². The number of aliphatic hydroxyl groups excluding tert-OH is 1. The second kappa shape index (κ2) is 5.27. The van der Waals surface area contributed by atoms with Crippen molar-refractivity contribution in [1.29, 1.82) is 5.26 Å². The summed E-state index contributed by atoms with van der Waals surface area (Å²) in [5, 5.41) is 17.9. The Labute approximate surface area is 103 Å². The molecule has 1 rings (SSSR count). The molecule has 98 valence electrons. The van der Waals surface area contributed by atoms with Gasteiger partial charge in [0, 0.05) is 19.3 Å². The van der Waals surface area contributed by atoms with E-state index in [4.69, 9.17) is 5.26 Å². The molecule has 0 aliphatic carbocycles. The maximum Gasteiger partial charge on any atom is 0.417 e. The van der Waals surface area contributed by atoms with Gasteiger partial charge in [-0.25, -0.2) is 0 Å². The Morgan fingerprint density at radius 2 is 2.06 bits per heavy atom. The Hall–Kier alpha value is -1.74. The van der Waals surface area contributed by atoms with E-state index in [1.54, 1.807) is 14.0 Å². The average molecular weight is 258 g/mol. The molecule has 1 aromatic rings. The van der Waals surface area contributed by atoms with Gasteiger partial charge in [0.15, 0.2) is 0 Å². The molecule has 0 aliphatic rings. The van der Waals surface area contributed by atoms with Gasteiger partial charge in [-0.3, -0.25) is 0 Å². The lowest BCUT2D eigenvalue weighted by Crippen LogP contribution is -2.27. The number of nitrogens with zero attached hydrogens (tertiary/aromatic N) is 2. The van der Waals surface area contributed by atoms with Crippen LogP contribution in [-0.2, 0) is 6.18 Å². The molecule has 1 unspecified atom stereocenters. The Morgan fingerprint density at radius 1 is 1.44 bits per heavy atom. The lowest BCUT2D eigenvalue weighted by atomic mass is 10.1. The van der Waals surface area contributed by atoms with Gasteiger partial charge in [0.2, 0.25) is 0 Å². The first-order valence-electron chi connectivity index (χ1n) is 5.26. The van der Waals surface area contributed by atoms with Crippen LogP contribution in [0.4, 0.5) is 18.9 Å². The minimum Gasteiger partial charge on any atom is -0.392 e. The number of benzene rings is 1. The van der Waals surface area contributed by atoms with E-state index < -0.39 is 23.4 Å². The Bertz CT molecular complexity index is 463. The molecule has 1 aromatic carbocycles. The van der Waals surface area contributed by atoms with E-state index in [1.165, 1.54) is 17.0 Å². The van der Waals surface area contributed by atoms with Gasteiger partial charge >= 0.3 is 6.18 Å². The Morgan fingerprint density at radius 3 is 2.50 bits per heavy atom. The number of halogens is 3. The van der Waals surface area contributed by atoms with Crippen LogP contribution in [0.2, 0.25) is 0 Å². The van der Waals surface area contributed by atoms with Crippen molar-refractivity contribution in [2.45, 2.75) is 19.2 Å². The number of alkyl halides is 3. The molecule has 0 aromatic heterocycles. The first-order valence-corrected chi connectivity index (χ1v) is 5.26. The number of anilines is 1. The summed E-state index contributed by atoms with van der Waals surface area (Å²) >= 11 is 0. The molecule has 0 bridgehead atoms. The maximum atomic E-state index is 12.7. The van der Waals surface area contributed by atoms with Gasteiger partial charge < -0.3 is 10.0 Å². The van der Waals surface area contributed by atoms with E-state index in [2.05, 4.69) is 0 Å². The molecule has 1 N–H and O–H groups in total. The molecule has 0 saturated carbocycles. The topological polar surface area (TPSA) is 47.3 Å². The van der Waals surface area contributed by atoms with Gasteiger partial charge in [0.1, 0.15) is 0 Å². The van der Waals surface area contributed by atoms with Crippen LogP contribution in [0.3, 0.4) is 0 Å². The van der Waals surface area contributed by atoms with Gasteiger partial charge in [-0.05, 0) is 25.1 Å². The average Bonchev–Trinajstić information content (AvgIpc) is 2.26. The molecular formula is C12H13F3N2O. The number of aliphatic hydroxyl groups is 1. The van der Waals surface area contributed by atoms with Crippen molar-refractivity contribution in [1.82, 2.24) is 0 Å². The molecule has 0 heterocycles. The Balaban J connectivity index is 3.16. The minimum absolute atomic E-state index is 0.212. The van der Waals surface area contributed by atoms with Crippen molar-refractivity contribution in [3.63, 3.8) is 0 Å². The van der Waals surface area contributed by atoms with Gasteiger partial charge in [-0.15, -0.1) is 0 Å². The van der Waals surface area contributed by atoms with E-state index in [-0.39, 0.29) is 6.54 Å². The largest absolute Gasteiger partial charge is 0.417 e. The summed E-state index contributed by atoms with van der Waals surface area (Å²) in [5.74, 6) is 0. The van der Waals surface area contributed by atoms with Crippen molar-refractivity contribution in [2.75, 3.05) is 18.5 Å². The zero-order valence-electron chi connectivity index (χ0n) is 9.99. The van der Waals surface area contributed by atoms with Crippen LogP contribution in [0.25, 0.3) is 0 Å². The Kier molecular flexibility index (Phi) is 4.19. The molecule has 3 nitrogen and oxygen atoms in total. The summed E-state index contributed by atoms with van der Waals surface area (Å²) in [6.45, 7) is 1.76. The van der Waals surface area contributed by atoms with Crippen LogP contribution in [0.5, 0.6) is 0 Å². The lowest BCUT2D eigenvalue weighted by Gasteiger charge is -2.22. The predicted molar refractivity (Wildman–Crippen MR) is 61.1 cm³/mol. The quantitative estimate of drug-likeness (QED) is 0.905. The van der Waals surface area contributed by atoms with E-state index in [1.807, 2.05) is 0 Å². The van der Waals surface area contributed by atoms with Gasteiger partial charge in [-0.2, -0.15) is 18.4 Å². The van der Waals surface area contributed by atoms with Gasteiger partial charge in [0.25, 0.3) is 0 Å². The summed E-state index contributed by atoms with van der Waals surface area (Å²) in [4.78, 5) is 1.50. The molecule has 6 heteroatoms. The molecule has 0 spiro atoms. The third-order valence-electron chi connectivity index (χ3n) is 2.41. The molecular weight excluding hydrogens is 245 g/mol. The van der Waals surface area contributed by atoms with Crippen molar-refractivity contribution >= 4 is 5.69 Å². The van der Waals surface area contributed by atoms with Crippen molar-refractivity contribution in [3.8, 4) is 6.07 Å². The van der Waals surface area contributed by atoms with Gasteiger partial charge in [0.05, 0.1) is 23.3 Å². The molecule has 0 radical (unpaired) electrons. The molecule has 0 amide bonds. The highest BCUT2D eigenvalue weighted by molar-refractivity contribution is 5.54. The van der Waals surface area contributed by atoms with Crippen LogP contribution < -0.4 is 4.90 Å². The van der Waals surface area contributed by atoms with Crippen molar-refractivity contribution in [2.24, 2.45) is 0 Å². The fraction of sp³-hybridized carbons (Fsp3) is 0.417. The first kappa shape index (κ1) is 14.3. The van der Waals surface area contributed by atoms with E-state index >= 15 is 0 Å². The second-order valence-electron chi connectivity index (χ2n) is 4.07. The number of hydrogen-bond acceptors (Lipinski definition) is 3. The van der Waals surface area contributed by atoms with E-state index in [0.717, 1.165) is 12.1 Å². The highest BCUT2D eigenvalue weighted by atomic mass is 19.4. The van der Waals surface area contributed by atoms with Crippen LogP contribution >= 0.6 is 0 Å². The van der Waals surface area contributed by atoms with Crippen LogP contribution in [-0.4, -0.2) is 24.8 Å². The molecule has 0 saturated heterocycles. The minimum atomic E-state index is -4.56. The molecule has 1 atom stereocenters. The van der Waals surface area contributed by atoms with E-state index in [9.17, 15) is 18.3 Å². The third-order valence-corrected chi connectivity index (χ3v) is 2.41. The summed E-state index contributed by atoms with van der Waals surface area (Å²) in [5.41, 5.74) is -1.06. The van der Waals surface area contributed by atoms with Crippen LogP contribution in [0.15, 0.2) is 18.2 Å². The maximum absolute atomic E-state index is 12.7. The summed E-state index contributed by atoms with van der Waals surface area (Å²) in [6, 6.07) is 5.00. The highest BCUT2D eigenvalue weighted by Gasteiger charge is 2.34. The monoisotopic (exact) mass is 258 g/mol.